The number of nitrogens with one attached hydrogen (secondary N) is 1. The van der Waals surface area contributed by atoms with E-state index >= 15 is 0 Å². The number of hydrogen-bond acceptors (Lipinski definition) is 1. The monoisotopic (exact) mass is 419 g/mol. The van der Waals surface area contributed by atoms with Gasteiger partial charge >= 0.3 is 0 Å². The SMILES string of the molecule is C=CCCCCCCCNCCCCCCCC(=C)CC(C)CCCCCCCC. The number of hydrogen-bond donors (Lipinski definition) is 1. The summed E-state index contributed by atoms with van der Waals surface area (Å²) in [4.78, 5) is 0. The fourth-order valence-electron chi connectivity index (χ4n) is 4.32. The van der Waals surface area contributed by atoms with Gasteiger partial charge in [-0.2, -0.15) is 0 Å². The van der Waals surface area contributed by atoms with Gasteiger partial charge in [0.15, 0.2) is 0 Å². The second-order valence-electron chi connectivity index (χ2n) is 9.73. The van der Waals surface area contributed by atoms with Crippen LogP contribution in [0.4, 0.5) is 0 Å². The van der Waals surface area contributed by atoms with Crippen LogP contribution in [0.3, 0.4) is 0 Å². The summed E-state index contributed by atoms with van der Waals surface area (Å²) in [6, 6.07) is 0. The molecule has 0 heterocycles. The zero-order valence-corrected chi connectivity index (χ0v) is 21.1. The average Bonchev–Trinajstić information content (AvgIpc) is 2.73. The molecular formula is C29H57N. The lowest BCUT2D eigenvalue weighted by Gasteiger charge is -2.13. The van der Waals surface area contributed by atoms with Crippen LogP contribution in [0.1, 0.15) is 142 Å². The van der Waals surface area contributed by atoms with Gasteiger partial charge in [0.1, 0.15) is 0 Å². The molecule has 0 rings (SSSR count). The Labute approximate surface area is 191 Å². The molecular weight excluding hydrogens is 362 g/mol. The molecule has 0 bridgehead atoms. The molecule has 0 saturated heterocycles. The summed E-state index contributed by atoms with van der Waals surface area (Å²) in [5.41, 5.74) is 1.50. The molecule has 178 valence electrons. The van der Waals surface area contributed by atoms with E-state index < -0.39 is 0 Å². The molecule has 0 saturated carbocycles. The normalized spacial score (nSPS) is 12.2. The van der Waals surface area contributed by atoms with Gasteiger partial charge in [-0.25, -0.2) is 0 Å². The van der Waals surface area contributed by atoms with E-state index in [1.54, 1.807) is 0 Å². The van der Waals surface area contributed by atoms with E-state index in [4.69, 9.17) is 0 Å². The number of rotatable bonds is 25. The van der Waals surface area contributed by atoms with Gasteiger partial charge in [0, 0.05) is 0 Å². The van der Waals surface area contributed by atoms with Gasteiger partial charge in [0.2, 0.25) is 0 Å². The van der Waals surface area contributed by atoms with Crippen molar-refractivity contribution in [2.75, 3.05) is 13.1 Å². The highest BCUT2D eigenvalue weighted by molar-refractivity contribution is 4.95. The molecule has 0 aliphatic heterocycles. The minimum atomic E-state index is 0.835. The summed E-state index contributed by atoms with van der Waals surface area (Å²) < 4.78 is 0. The highest BCUT2D eigenvalue weighted by Crippen LogP contribution is 2.21. The molecule has 0 fully saturated rings. The van der Waals surface area contributed by atoms with Gasteiger partial charge in [-0.1, -0.05) is 116 Å². The summed E-state index contributed by atoms with van der Waals surface area (Å²) in [7, 11) is 0. The Morgan fingerprint density at radius 1 is 0.733 bits per heavy atom. The molecule has 0 aromatic rings. The third-order valence-electron chi connectivity index (χ3n) is 6.33. The van der Waals surface area contributed by atoms with Crippen molar-refractivity contribution >= 4 is 0 Å². The highest BCUT2D eigenvalue weighted by Gasteiger charge is 2.05. The zero-order valence-electron chi connectivity index (χ0n) is 21.1. The third-order valence-corrected chi connectivity index (χ3v) is 6.33. The molecule has 1 atom stereocenters. The largest absolute Gasteiger partial charge is 0.317 e. The Balaban J connectivity index is 3.26. The Morgan fingerprint density at radius 2 is 1.27 bits per heavy atom. The smallest absolute Gasteiger partial charge is 0.00489 e. The Bertz CT molecular complexity index is 359. The van der Waals surface area contributed by atoms with Crippen LogP contribution < -0.4 is 5.32 Å². The van der Waals surface area contributed by atoms with Gasteiger partial charge in [-0.15, -0.1) is 6.58 Å². The van der Waals surface area contributed by atoms with Crippen molar-refractivity contribution in [2.24, 2.45) is 5.92 Å². The molecule has 0 radical (unpaired) electrons. The van der Waals surface area contributed by atoms with Crippen LogP contribution in [0.15, 0.2) is 24.8 Å². The fraction of sp³-hybridized carbons (Fsp3) is 0.862. The summed E-state index contributed by atoms with van der Waals surface area (Å²) in [6.45, 7) is 15.3. The van der Waals surface area contributed by atoms with Crippen molar-refractivity contribution in [3.05, 3.63) is 24.8 Å². The standard InChI is InChI=1S/C29H57N/c1-5-7-9-11-13-17-21-25-30-26-22-18-14-16-20-24-29(4)27-28(3)23-19-15-12-10-8-6-2/h5,28,30H,1,4,6-27H2,2-3H3. The Morgan fingerprint density at radius 3 is 1.90 bits per heavy atom. The summed E-state index contributed by atoms with van der Waals surface area (Å²) in [5.74, 6) is 0.835. The molecule has 0 aromatic heterocycles. The molecule has 1 heteroatoms. The van der Waals surface area contributed by atoms with Gasteiger partial charge < -0.3 is 5.32 Å². The molecule has 0 spiro atoms. The van der Waals surface area contributed by atoms with E-state index in [1.165, 1.54) is 147 Å². The van der Waals surface area contributed by atoms with Crippen LogP contribution in [0.2, 0.25) is 0 Å². The van der Waals surface area contributed by atoms with E-state index in [9.17, 15) is 0 Å². The highest BCUT2D eigenvalue weighted by atomic mass is 14.8. The lowest BCUT2D eigenvalue weighted by atomic mass is 9.93. The first-order valence-electron chi connectivity index (χ1n) is 13.7. The first-order chi connectivity index (χ1) is 14.7. The second kappa shape index (κ2) is 24.7. The molecule has 1 unspecified atom stereocenters. The van der Waals surface area contributed by atoms with E-state index in [0.717, 1.165) is 5.92 Å². The molecule has 1 N–H and O–H groups in total. The summed E-state index contributed by atoms with van der Waals surface area (Å²) in [6.07, 6.45) is 29.3. The van der Waals surface area contributed by atoms with Crippen molar-refractivity contribution in [1.82, 2.24) is 5.32 Å². The lowest BCUT2D eigenvalue weighted by molar-refractivity contribution is 0.472. The van der Waals surface area contributed by atoms with Gasteiger partial charge in [-0.3, -0.25) is 0 Å². The van der Waals surface area contributed by atoms with Gasteiger partial charge in [-0.05, 0) is 64.0 Å². The molecule has 1 nitrogen and oxygen atoms in total. The maximum Gasteiger partial charge on any atom is -0.00489 e. The average molecular weight is 420 g/mol. The number of allylic oxidation sites excluding steroid dienone is 2. The molecule has 0 aliphatic carbocycles. The molecule has 0 aromatic carbocycles. The van der Waals surface area contributed by atoms with Crippen LogP contribution >= 0.6 is 0 Å². The quantitative estimate of drug-likeness (QED) is 0.115. The number of unbranched alkanes of at least 4 members (excludes halogenated alkanes) is 14. The van der Waals surface area contributed by atoms with Gasteiger partial charge in [0.25, 0.3) is 0 Å². The first-order valence-corrected chi connectivity index (χ1v) is 13.7. The van der Waals surface area contributed by atoms with Crippen molar-refractivity contribution < 1.29 is 0 Å². The Hall–Kier alpha value is -0.560. The van der Waals surface area contributed by atoms with Gasteiger partial charge in [0.05, 0.1) is 0 Å². The maximum absolute atomic E-state index is 4.35. The van der Waals surface area contributed by atoms with E-state index in [1.807, 2.05) is 6.08 Å². The van der Waals surface area contributed by atoms with Crippen molar-refractivity contribution in [3.63, 3.8) is 0 Å². The van der Waals surface area contributed by atoms with Crippen molar-refractivity contribution in [3.8, 4) is 0 Å². The fourth-order valence-corrected chi connectivity index (χ4v) is 4.32. The van der Waals surface area contributed by atoms with Crippen LogP contribution in [0, 0.1) is 5.92 Å². The van der Waals surface area contributed by atoms with E-state index in [0.29, 0.717) is 0 Å². The predicted octanol–water partition coefficient (Wildman–Crippen LogP) is 9.78. The van der Waals surface area contributed by atoms with Crippen LogP contribution in [0.25, 0.3) is 0 Å². The van der Waals surface area contributed by atoms with E-state index in [-0.39, 0.29) is 0 Å². The van der Waals surface area contributed by atoms with Crippen LogP contribution in [-0.2, 0) is 0 Å². The summed E-state index contributed by atoms with van der Waals surface area (Å²) >= 11 is 0. The predicted molar refractivity (Wildman–Crippen MR) is 139 cm³/mol. The van der Waals surface area contributed by atoms with Crippen LogP contribution in [0.5, 0.6) is 0 Å². The minimum Gasteiger partial charge on any atom is -0.317 e. The molecule has 30 heavy (non-hydrogen) atoms. The first kappa shape index (κ1) is 29.4. The van der Waals surface area contributed by atoms with Crippen LogP contribution in [-0.4, -0.2) is 13.1 Å². The Kier molecular flexibility index (Phi) is 24.2. The zero-order chi connectivity index (χ0) is 22.1. The topological polar surface area (TPSA) is 12.0 Å². The molecule has 0 aliphatic rings. The maximum atomic E-state index is 4.35. The second-order valence-corrected chi connectivity index (χ2v) is 9.73. The third kappa shape index (κ3) is 23.7. The van der Waals surface area contributed by atoms with E-state index in [2.05, 4.69) is 32.3 Å². The summed E-state index contributed by atoms with van der Waals surface area (Å²) in [5, 5.41) is 3.62. The lowest BCUT2D eigenvalue weighted by Crippen LogP contribution is -2.16. The van der Waals surface area contributed by atoms with Crippen molar-refractivity contribution in [2.45, 2.75) is 142 Å². The van der Waals surface area contributed by atoms with Crippen molar-refractivity contribution in [1.29, 1.82) is 0 Å². The molecule has 0 amide bonds. The minimum absolute atomic E-state index is 0.835.